The average Bonchev–Trinajstić information content (AvgIpc) is 1.63. The van der Waals surface area contributed by atoms with Crippen LogP contribution in [0.3, 0.4) is 0 Å². The minimum atomic E-state index is -0.422. The van der Waals surface area contributed by atoms with Crippen molar-refractivity contribution in [1.82, 2.24) is 0 Å². The monoisotopic (exact) mass is 262 g/mol. The third-order valence-corrected chi connectivity index (χ3v) is 6.05. The summed E-state index contributed by atoms with van der Waals surface area (Å²) in [6, 6.07) is 0. The molecular weight excluding hydrogens is 262 g/mol. The van der Waals surface area contributed by atoms with Crippen molar-refractivity contribution >= 4 is 77.8 Å². The Morgan fingerprint density at radius 1 is 0.778 bits per heavy atom. The quantitative estimate of drug-likeness (QED) is 0.540. The van der Waals surface area contributed by atoms with Gasteiger partial charge in [0.25, 0.3) is 0 Å². The van der Waals surface area contributed by atoms with Gasteiger partial charge < -0.3 is 0 Å². The molecule has 0 unspecified atom stereocenters. The Bertz CT molecular complexity index is 58.8. The van der Waals surface area contributed by atoms with Crippen molar-refractivity contribution < 1.29 is 0 Å². The van der Waals surface area contributed by atoms with E-state index in [1.807, 2.05) is 0 Å². The number of alkyl halides is 4. The zero-order valence-electron chi connectivity index (χ0n) is 3.89. The molecule has 0 amide bonds. The van der Waals surface area contributed by atoms with Crippen molar-refractivity contribution in [3.8, 4) is 0 Å². The van der Waals surface area contributed by atoms with Crippen molar-refractivity contribution in [2.45, 2.75) is 8.34 Å². The second-order valence-electron chi connectivity index (χ2n) is 0.782. The molecule has 7 heteroatoms. The SMILES string of the molecule is ClC(Cl)SSSC(Cl)Cl. The Kier molecular flexibility index (Phi) is 8.58. The molecule has 0 rings (SSSR count). The highest BCUT2D eigenvalue weighted by Crippen LogP contribution is 2.44. The fraction of sp³-hybridized carbons (Fsp3) is 1.00. The van der Waals surface area contributed by atoms with Crippen LogP contribution in [0.5, 0.6) is 0 Å². The topological polar surface area (TPSA) is 0 Å². The van der Waals surface area contributed by atoms with E-state index in [0.717, 1.165) is 0 Å². The van der Waals surface area contributed by atoms with Gasteiger partial charge in [0, 0.05) is 0 Å². The largest absolute Gasteiger partial charge is 0.163 e. The van der Waals surface area contributed by atoms with Gasteiger partial charge in [-0.3, -0.25) is 0 Å². The second kappa shape index (κ2) is 6.89. The fourth-order valence-corrected chi connectivity index (χ4v) is 5.42. The Morgan fingerprint density at radius 2 is 1.11 bits per heavy atom. The summed E-state index contributed by atoms with van der Waals surface area (Å²) in [5.74, 6) is 0. The summed E-state index contributed by atoms with van der Waals surface area (Å²) in [7, 11) is 3.98. The molecule has 0 aliphatic rings. The van der Waals surface area contributed by atoms with Gasteiger partial charge in [0.05, 0.1) is 0 Å². The van der Waals surface area contributed by atoms with Gasteiger partial charge in [-0.25, -0.2) is 0 Å². The molecule has 0 fully saturated rings. The molecule has 9 heavy (non-hydrogen) atoms. The average molecular weight is 264 g/mol. The maximum absolute atomic E-state index is 5.37. The number of rotatable bonds is 4. The first-order valence-electron chi connectivity index (χ1n) is 1.68. The summed E-state index contributed by atoms with van der Waals surface area (Å²) in [4.78, 5) is 0. The third-order valence-electron chi connectivity index (χ3n) is 0.224. The van der Waals surface area contributed by atoms with Crippen LogP contribution in [0.15, 0.2) is 0 Å². The Balaban J connectivity index is 2.91. The predicted octanol–water partition coefficient (Wildman–Crippen LogP) is 4.54. The van der Waals surface area contributed by atoms with E-state index >= 15 is 0 Å². The molecule has 0 aromatic rings. The summed E-state index contributed by atoms with van der Waals surface area (Å²) in [5, 5.41) is 0. The van der Waals surface area contributed by atoms with Gasteiger partial charge in [0.2, 0.25) is 0 Å². The first-order valence-corrected chi connectivity index (χ1v) is 7.03. The maximum Gasteiger partial charge on any atom is 0.163 e. The van der Waals surface area contributed by atoms with E-state index in [-0.39, 0.29) is 0 Å². The minimum Gasteiger partial charge on any atom is -0.0923 e. The maximum atomic E-state index is 5.37. The highest BCUT2D eigenvalue weighted by Gasteiger charge is 2.03. The van der Waals surface area contributed by atoms with Crippen LogP contribution in [-0.2, 0) is 0 Å². The van der Waals surface area contributed by atoms with Crippen LogP contribution < -0.4 is 0 Å². The second-order valence-corrected chi connectivity index (χ2v) is 8.26. The number of halogens is 4. The molecule has 0 aliphatic heterocycles. The first kappa shape index (κ1) is 11.2. The van der Waals surface area contributed by atoms with Crippen LogP contribution in [0.1, 0.15) is 0 Å². The summed E-state index contributed by atoms with van der Waals surface area (Å²) >= 11 is 21.5. The Morgan fingerprint density at radius 3 is 1.33 bits per heavy atom. The summed E-state index contributed by atoms with van der Waals surface area (Å²) in [5.41, 5.74) is 0. The van der Waals surface area contributed by atoms with Crippen molar-refractivity contribution in [2.24, 2.45) is 0 Å². The predicted molar refractivity (Wildman–Crippen MR) is 53.8 cm³/mol. The Hall–Kier alpha value is 2.21. The summed E-state index contributed by atoms with van der Waals surface area (Å²) in [6.45, 7) is 0. The van der Waals surface area contributed by atoms with Gasteiger partial charge in [0.15, 0.2) is 8.34 Å². The molecule has 0 nitrogen and oxygen atoms in total. The molecule has 0 bridgehead atoms. The highest BCUT2D eigenvalue weighted by atomic mass is 35.5. The van der Waals surface area contributed by atoms with Gasteiger partial charge in [-0.1, -0.05) is 46.4 Å². The fourth-order valence-electron chi connectivity index (χ4n) is 0.0821. The molecule has 0 N–H and O–H groups in total. The lowest BCUT2D eigenvalue weighted by molar-refractivity contribution is 2.02. The lowest BCUT2D eigenvalue weighted by atomic mass is 11.9. The number of hydrogen-bond donors (Lipinski definition) is 0. The molecule has 56 valence electrons. The van der Waals surface area contributed by atoms with E-state index in [4.69, 9.17) is 46.4 Å². The van der Waals surface area contributed by atoms with Gasteiger partial charge in [0.1, 0.15) is 0 Å². The van der Waals surface area contributed by atoms with Crippen LogP contribution in [0.2, 0.25) is 0 Å². The molecule has 0 radical (unpaired) electrons. The molecule has 0 aromatic carbocycles. The van der Waals surface area contributed by atoms with Gasteiger partial charge >= 0.3 is 0 Å². The van der Waals surface area contributed by atoms with Crippen molar-refractivity contribution in [3.05, 3.63) is 0 Å². The summed E-state index contributed by atoms with van der Waals surface area (Å²) < 4.78 is -0.843. The van der Waals surface area contributed by atoms with E-state index in [1.54, 1.807) is 0 Å². The van der Waals surface area contributed by atoms with Crippen LogP contribution in [0, 0.1) is 0 Å². The Labute approximate surface area is 85.5 Å². The lowest BCUT2D eigenvalue weighted by Gasteiger charge is -1.98. The number of hydrogen-bond acceptors (Lipinski definition) is 3. The van der Waals surface area contributed by atoms with E-state index in [2.05, 4.69) is 0 Å². The molecule has 0 spiro atoms. The first-order chi connectivity index (χ1) is 4.13. The van der Waals surface area contributed by atoms with Crippen LogP contribution in [0.25, 0.3) is 0 Å². The van der Waals surface area contributed by atoms with E-state index < -0.39 is 8.34 Å². The van der Waals surface area contributed by atoms with Crippen LogP contribution in [0.4, 0.5) is 0 Å². The highest BCUT2D eigenvalue weighted by molar-refractivity contribution is 9.10. The normalized spacial score (nSPS) is 11.3. The van der Waals surface area contributed by atoms with E-state index in [1.165, 1.54) is 31.4 Å². The van der Waals surface area contributed by atoms with Gasteiger partial charge in [-0.15, -0.1) is 0 Å². The zero-order chi connectivity index (χ0) is 7.28. The van der Waals surface area contributed by atoms with Crippen molar-refractivity contribution in [3.63, 3.8) is 0 Å². The zero-order valence-corrected chi connectivity index (χ0v) is 9.36. The standard InChI is InChI=1S/C2H2Cl4S3/c3-1(4)7-9-8-2(5)6/h1-2H. The molecular formula is C2H2Cl4S3. The molecule has 0 saturated heterocycles. The van der Waals surface area contributed by atoms with E-state index in [9.17, 15) is 0 Å². The van der Waals surface area contributed by atoms with Crippen molar-refractivity contribution in [2.75, 3.05) is 0 Å². The molecule has 0 heterocycles. The van der Waals surface area contributed by atoms with Crippen LogP contribution >= 0.6 is 77.8 Å². The van der Waals surface area contributed by atoms with Crippen LogP contribution in [-0.4, -0.2) is 8.34 Å². The minimum absolute atomic E-state index is 0.422. The molecule has 0 atom stereocenters. The third kappa shape index (κ3) is 10.2. The lowest BCUT2D eigenvalue weighted by Crippen LogP contribution is -1.70. The molecule has 0 saturated carbocycles. The van der Waals surface area contributed by atoms with Gasteiger partial charge in [-0.05, 0) is 31.4 Å². The molecule has 0 aromatic heterocycles. The van der Waals surface area contributed by atoms with Gasteiger partial charge in [-0.2, -0.15) is 0 Å². The summed E-state index contributed by atoms with van der Waals surface area (Å²) in [6.07, 6.45) is 0. The smallest absolute Gasteiger partial charge is 0.0923 e. The van der Waals surface area contributed by atoms with Crippen molar-refractivity contribution in [1.29, 1.82) is 0 Å². The van der Waals surface area contributed by atoms with E-state index in [0.29, 0.717) is 0 Å². The molecule has 0 aliphatic carbocycles.